The Kier molecular flexibility index (Phi) is 3.24. The molecule has 1 saturated heterocycles. The number of hydrogen-bond donors (Lipinski definition) is 1. The van der Waals surface area contributed by atoms with Crippen molar-refractivity contribution in [3.8, 4) is 0 Å². The molecule has 0 aromatic heterocycles. The molecule has 92 valence electrons. The van der Waals surface area contributed by atoms with Crippen molar-refractivity contribution in [2.75, 3.05) is 11.5 Å². The van der Waals surface area contributed by atoms with E-state index in [9.17, 15) is 13.2 Å². The van der Waals surface area contributed by atoms with Gasteiger partial charge in [0.25, 0.3) is 0 Å². The molecule has 16 heavy (non-hydrogen) atoms. The molecule has 2 rings (SSSR count). The highest BCUT2D eigenvalue weighted by Gasteiger charge is 2.37. The van der Waals surface area contributed by atoms with Crippen molar-refractivity contribution in [1.82, 2.24) is 0 Å². The van der Waals surface area contributed by atoms with Gasteiger partial charge in [-0.1, -0.05) is 12.8 Å². The Labute approximate surface area is 96.0 Å². The lowest BCUT2D eigenvalue weighted by Crippen LogP contribution is -2.24. The molecular weight excluding hydrogens is 228 g/mol. The van der Waals surface area contributed by atoms with Crippen LogP contribution in [-0.2, 0) is 14.6 Å². The summed E-state index contributed by atoms with van der Waals surface area (Å²) in [6, 6.07) is 0. The summed E-state index contributed by atoms with van der Waals surface area (Å²) in [4.78, 5) is 11.1. The predicted molar refractivity (Wildman–Crippen MR) is 59.8 cm³/mol. The van der Waals surface area contributed by atoms with Gasteiger partial charge in [0.1, 0.15) is 0 Å². The fraction of sp³-hybridized carbons (Fsp3) is 0.909. The summed E-state index contributed by atoms with van der Waals surface area (Å²) < 4.78 is 22.7. The van der Waals surface area contributed by atoms with Gasteiger partial charge < -0.3 is 5.11 Å². The Morgan fingerprint density at radius 3 is 2.44 bits per heavy atom. The van der Waals surface area contributed by atoms with Crippen molar-refractivity contribution in [2.24, 2.45) is 17.8 Å². The van der Waals surface area contributed by atoms with Gasteiger partial charge in [-0.05, 0) is 31.1 Å². The van der Waals surface area contributed by atoms with Crippen LogP contribution in [0.4, 0.5) is 0 Å². The number of carbonyl (C=O) groups is 1. The molecule has 2 atom stereocenters. The van der Waals surface area contributed by atoms with E-state index in [1.807, 2.05) is 0 Å². The van der Waals surface area contributed by atoms with Gasteiger partial charge in [0.05, 0.1) is 17.4 Å². The predicted octanol–water partition coefficient (Wildman–Crippen LogP) is 1.31. The quantitative estimate of drug-likeness (QED) is 0.794. The minimum atomic E-state index is -2.96. The Morgan fingerprint density at radius 1 is 1.31 bits per heavy atom. The van der Waals surface area contributed by atoms with Crippen LogP contribution in [0.3, 0.4) is 0 Å². The van der Waals surface area contributed by atoms with Crippen LogP contribution in [0.25, 0.3) is 0 Å². The zero-order valence-corrected chi connectivity index (χ0v) is 10.1. The molecule has 1 aliphatic carbocycles. The largest absolute Gasteiger partial charge is 0.481 e. The fourth-order valence-electron chi connectivity index (χ4n) is 2.52. The monoisotopic (exact) mass is 246 g/mol. The van der Waals surface area contributed by atoms with E-state index in [-0.39, 0.29) is 17.4 Å². The fourth-order valence-corrected chi connectivity index (χ4v) is 4.40. The van der Waals surface area contributed by atoms with Gasteiger partial charge in [0.15, 0.2) is 9.84 Å². The van der Waals surface area contributed by atoms with Crippen LogP contribution in [0, 0.1) is 17.8 Å². The Morgan fingerprint density at radius 2 is 2.00 bits per heavy atom. The number of carboxylic acids is 1. The SMILES string of the molecule is O=C(O)C(CCC1CC1)C1CCS(=O)(=O)C1. The number of aliphatic carboxylic acids is 1. The molecule has 1 heterocycles. The van der Waals surface area contributed by atoms with Crippen LogP contribution in [0.5, 0.6) is 0 Å². The van der Waals surface area contributed by atoms with Gasteiger partial charge in [0.2, 0.25) is 0 Å². The van der Waals surface area contributed by atoms with Crippen molar-refractivity contribution < 1.29 is 18.3 Å². The topological polar surface area (TPSA) is 71.4 Å². The van der Waals surface area contributed by atoms with Crippen LogP contribution in [-0.4, -0.2) is 31.0 Å². The van der Waals surface area contributed by atoms with Gasteiger partial charge >= 0.3 is 5.97 Å². The van der Waals surface area contributed by atoms with Crippen LogP contribution >= 0.6 is 0 Å². The molecule has 2 aliphatic rings. The third-order valence-corrected chi connectivity index (χ3v) is 5.53. The van der Waals surface area contributed by atoms with Crippen molar-refractivity contribution in [1.29, 1.82) is 0 Å². The van der Waals surface area contributed by atoms with E-state index < -0.39 is 21.7 Å². The van der Waals surface area contributed by atoms with Gasteiger partial charge in [0, 0.05) is 0 Å². The average Bonchev–Trinajstić information content (AvgIpc) is 2.91. The molecule has 4 nitrogen and oxygen atoms in total. The van der Waals surface area contributed by atoms with E-state index in [1.54, 1.807) is 0 Å². The number of rotatable bonds is 5. The summed E-state index contributed by atoms with van der Waals surface area (Å²) in [7, 11) is -2.96. The Hall–Kier alpha value is -0.580. The second-order valence-corrected chi connectivity index (χ2v) is 7.36. The van der Waals surface area contributed by atoms with Gasteiger partial charge in [-0.3, -0.25) is 4.79 Å². The molecule has 1 aliphatic heterocycles. The summed E-state index contributed by atoms with van der Waals surface area (Å²) in [5.41, 5.74) is 0. The molecule has 0 radical (unpaired) electrons. The lowest BCUT2D eigenvalue weighted by atomic mass is 9.87. The normalized spacial score (nSPS) is 30.1. The highest BCUT2D eigenvalue weighted by Crippen LogP contribution is 2.37. The minimum absolute atomic E-state index is 0.0780. The molecule has 5 heteroatoms. The summed E-state index contributed by atoms with van der Waals surface area (Å²) in [5, 5.41) is 9.14. The third-order valence-electron chi connectivity index (χ3n) is 3.74. The Balaban J connectivity index is 1.93. The smallest absolute Gasteiger partial charge is 0.306 e. The van der Waals surface area contributed by atoms with Gasteiger partial charge in [-0.15, -0.1) is 0 Å². The molecule has 0 aromatic rings. The molecule has 0 aromatic carbocycles. The summed E-state index contributed by atoms with van der Waals surface area (Å²) in [6.45, 7) is 0. The lowest BCUT2D eigenvalue weighted by Gasteiger charge is -2.17. The summed E-state index contributed by atoms with van der Waals surface area (Å²) in [5.74, 6) is -0.457. The maximum absolute atomic E-state index is 11.3. The standard InChI is InChI=1S/C11H18O4S/c12-11(13)10(4-3-8-1-2-8)9-5-6-16(14,15)7-9/h8-10H,1-7H2,(H,12,13). The molecule has 2 fully saturated rings. The minimum Gasteiger partial charge on any atom is -0.481 e. The van der Waals surface area contributed by atoms with E-state index >= 15 is 0 Å². The molecule has 2 unspecified atom stereocenters. The van der Waals surface area contributed by atoms with E-state index in [0.717, 1.165) is 6.42 Å². The molecule has 0 amide bonds. The average molecular weight is 246 g/mol. The highest BCUT2D eigenvalue weighted by atomic mass is 32.2. The third kappa shape index (κ3) is 2.97. The number of sulfone groups is 1. The van der Waals surface area contributed by atoms with Crippen LogP contribution < -0.4 is 0 Å². The zero-order chi connectivity index (χ0) is 11.8. The lowest BCUT2D eigenvalue weighted by molar-refractivity contribution is -0.143. The van der Waals surface area contributed by atoms with Gasteiger partial charge in [-0.2, -0.15) is 0 Å². The van der Waals surface area contributed by atoms with Crippen molar-refractivity contribution in [3.63, 3.8) is 0 Å². The van der Waals surface area contributed by atoms with Crippen molar-refractivity contribution in [2.45, 2.75) is 32.1 Å². The van der Waals surface area contributed by atoms with Crippen LogP contribution in [0.1, 0.15) is 32.1 Å². The maximum atomic E-state index is 11.3. The summed E-state index contributed by atoms with van der Waals surface area (Å²) in [6.07, 6.45) is 4.57. The molecule has 1 saturated carbocycles. The van der Waals surface area contributed by atoms with E-state index in [1.165, 1.54) is 12.8 Å². The number of carboxylic acid groups (broad SMARTS) is 1. The first-order chi connectivity index (χ1) is 7.48. The zero-order valence-electron chi connectivity index (χ0n) is 9.26. The first-order valence-electron chi connectivity index (χ1n) is 5.91. The first-order valence-corrected chi connectivity index (χ1v) is 7.73. The second-order valence-electron chi connectivity index (χ2n) is 5.13. The highest BCUT2D eigenvalue weighted by molar-refractivity contribution is 7.91. The maximum Gasteiger partial charge on any atom is 0.306 e. The van der Waals surface area contributed by atoms with Gasteiger partial charge in [-0.25, -0.2) is 8.42 Å². The second kappa shape index (κ2) is 4.35. The van der Waals surface area contributed by atoms with E-state index in [2.05, 4.69) is 0 Å². The molecule has 0 bridgehead atoms. The summed E-state index contributed by atoms with van der Waals surface area (Å²) >= 11 is 0. The van der Waals surface area contributed by atoms with Crippen molar-refractivity contribution in [3.05, 3.63) is 0 Å². The molecule has 0 spiro atoms. The van der Waals surface area contributed by atoms with E-state index in [4.69, 9.17) is 5.11 Å². The molecule has 1 N–H and O–H groups in total. The molecular formula is C11H18O4S. The first kappa shape index (κ1) is 11.9. The Bertz CT molecular complexity index is 369. The van der Waals surface area contributed by atoms with Crippen molar-refractivity contribution >= 4 is 15.8 Å². The van der Waals surface area contributed by atoms with Crippen LogP contribution in [0.2, 0.25) is 0 Å². The van der Waals surface area contributed by atoms with E-state index in [0.29, 0.717) is 18.8 Å². The number of hydrogen-bond acceptors (Lipinski definition) is 3. The van der Waals surface area contributed by atoms with Crippen LogP contribution in [0.15, 0.2) is 0 Å².